The van der Waals surface area contributed by atoms with Gasteiger partial charge in [0.15, 0.2) is 0 Å². The topological polar surface area (TPSA) is 63.3 Å². The Morgan fingerprint density at radius 3 is 2.88 bits per heavy atom. The molecule has 1 aromatic rings. The monoisotopic (exact) mass is 257 g/mol. The van der Waals surface area contributed by atoms with Crippen molar-refractivity contribution in [2.75, 3.05) is 5.75 Å². The van der Waals surface area contributed by atoms with E-state index in [4.69, 9.17) is 10.8 Å². The lowest BCUT2D eigenvalue weighted by molar-refractivity contribution is -0.142. The molecule has 0 radical (unpaired) electrons. The summed E-state index contributed by atoms with van der Waals surface area (Å²) in [5.41, 5.74) is 4.42. The zero-order valence-electron chi connectivity index (χ0n) is 9.65. The highest BCUT2D eigenvalue weighted by atomic mass is 32.2. The van der Waals surface area contributed by atoms with Crippen LogP contribution >= 0.6 is 11.8 Å². The maximum Gasteiger partial charge on any atom is 0.323 e. The van der Waals surface area contributed by atoms with Crippen LogP contribution in [0.3, 0.4) is 0 Å². The van der Waals surface area contributed by atoms with Gasteiger partial charge in [-0.15, -0.1) is 11.8 Å². The van der Waals surface area contributed by atoms with Crippen LogP contribution in [0.4, 0.5) is 4.39 Å². The molecule has 0 aliphatic heterocycles. The molecule has 1 aromatic carbocycles. The summed E-state index contributed by atoms with van der Waals surface area (Å²) in [5, 5.41) is 8.81. The first-order valence-corrected chi connectivity index (χ1v) is 6.31. The van der Waals surface area contributed by atoms with E-state index in [-0.39, 0.29) is 5.82 Å². The molecule has 5 heteroatoms. The Morgan fingerprint density at radius 1 is 1.59 bits per heavy atom. The third-order valence-electron chi connectivity index (χ3n) is 2.39. The van der Waals surface area contributed by atoms with Crippen LogP contribution in [0.1, 0.15) is 19.8 Å². The maximum absolute atomic E-state index is 12.9. The Balaban J connectivity index is 2.32. The number of hydrogen-bond donors (Lipinski definition) is 2. The molecule has 1 rings (SSSR count). The molecule has 3 nitrogen and oxygen atoms in total. The lowest BCUT2D eigenvalue weighted by Gasteiger charge is -2.18. The van der Waals surface area contributed by atoms with Crippen LogP contribution in [0.5, 0.6) is 0 Å². The summed E-state index contributed by atoms with van der Waals surface area (Å²) in [6.07, 6.45) is 1.09. The van der Waals surface area contributed by atoms with Gasteiger partial charge in [-0.05, 0) is 43.7 Å². The van der Waals surface area contributed by atoms with Crippen molar-refractivity contribution in [1.82, 2.24) is 0 Å². The second-order valence-electron chi connectivity index (χ2n) is 4.13. The van der Waals surface area contributed by atoms with Gasteiger partial charge >= 0.3 is 5.97 Å². The number of halogens is 1. The van der Waals surface area contributed by atoms with Gasteiger partial charge in [0.2, 0.25) is 0 Å². The van der Waals surface area contributed by atoms with Gasteiger partial charge in [0.05, 0.1) is 0 Å². The van der Waals surface area contributed by atoms with Crippen LogP contribution < -0.4 is 5.73 Å². The van der Waals surface area contributed by atoms with Gasteiger partial charge in [0, 0.05) is 4.90 Å². The Labute approximate surface area is 104 Å². The average molecular weight is 257 g/mol. The number of rotatable bonds is 6. The van der Waals surface area contributed by atoms with Gasteiger partial charge < -0.3 is 10.8 Å². The third-order valence-corrected chi connectivity index (χ3v) is 3.47. The minimum Gasteiger partial charge on any atom is -0.480 e. The molecular formula is C12H16FNO2S. The predicted molar refractivity (Wildman–Crippen MR) is 66.6 cm³/mol. The van der Waals surface area contributed by atoms with Gasteiger partial charge in [-0.25, -0.2) is 4.39 Å². The van der Waals surface area contributed by atoms with Gasteiger partial charge in [-0.2, -0.15) is 0 Å². The van der Waals surface area contributed by atoms with E-state index in [9.17, 15) is 9.18 Å². The minimum atomic E-state index is -1.18. The Hall–Kier alpha value is -1.07. The summed E-state index contributed by atoms with van der Waals surface area (Å²) in [7, 11) is 0. The van der Waals surface area contributed by atoms with Crippen LogP contribution in [-0.2, 0) is 4.79 Å². The summed E-state index contributed by atoms with van der Waals surface area (Å²) in [5.74, 6) is -0.527. The van der Waals surface area contributed by atoms with E-state index in [2.05, 4.69) is 0 Å². The van der Waals surface area contributed by atoms with Crippen molar-refractivity contribution >= 4 is 17.7 Å². The van der Waals surface area contributed by atoms with Crippen LogP contribution in [0.25, 0.3) is 0 Å². The SMILES string of the molecule is CC(N)(CCCSc1cccc(F)c1)C(=O)O. The van der Waals surface area contributed by atoms with E-state index in [1.54, 1.807) is 6.07 Å². The summed E-state index contributed by atoms with van der Waals surface area (Å²) in [6.45, 7) is 1.50. The fourth-order valence-electron chi connectivity index (χ4n) is 1.29. The van der Waals surface area contributed by atoms with Crippen LogP contribution in [0.2, 0.25) is 0 Å². The standard InChI is InChI=1S/C12H16FNO2S/c1-12(14,11(15)16)6-3-7-17-10-5-2-4-9(13)8-10/h2,4-5,8H,3,6-7,14H2,1H3,(H,15,16). The highest BCUT2D eigenvalue weighted by Gasteiger charge is 2.26. The zero-order valence-corrected chi connectivity index (χ0v) is 10.5. The Kier molecular flexibility index (Phi) is 4.96. The number of carbonyl (C=O) groups is 1. The molecule has 0 aliphatic carbocycles. The molecule has 94 valence electrons. The fraction of sp³-hybridized carbons (Fsp3) is 0.417. The van der Waals surface area contributed by atoms with Crippen molar-refractivity contribution in [2.45, 2.75) is 30.2 Å². The quantitative estimate of drug-likeness (QED) is 0.607. The molecule has 1 unspecified atom stereocenters. The summed E-state index contributed by atoms with van der Waals surface area (Å²) in [4.78, 5) is 11.6. The van der Waals surface area contributed by atoms with Crippen LogP contribution in [-0.4, -0.2) is 22.4 Å². The van der Waals surface area contributed by atoms with Crippen molar-refractivity contribution in [2.24, 2.45) is 5.73 Å². The molecule has 0 aromatic heterocycles. The van der Waals surface area contributed by atoms with Crippen LogP contribution in [0, 0.1) is 5.82 Å². The van der Waals surface area contributed by atoms with Gasteiger partial charge in [0.1, 0.15) is 11.4 Å². The predicted octanol–water partition coefficient (Wildman–Crippen LogP) is 2.50. The molecule has 3 N–H and O–H groups in total. The molecule has 0 bridgehead atoms. The molecule has 0 saturated carbocycles. The van der Waals surface area contributed by atoms with Crippen molar-refractivity contribution in [3.8, 4) is 0 Å². The molecule has 17 heavy (non-hydrogen) atoms. The average Bonchev–Trinajstić information content (AvgIpc) is 2.24. The Morgan fingerprint density at radius 2 is 2.29 bits per heavy atom. The first kappa shape index (κ1) is 14.0. The molecule has 0 heterocycles. The summed E-state index contributed by atoms with van der Waals surface area (Å²) < 4.78 is 12.9. The van der Waals surface area contributed by atoms with E-state index < -0.39 is 11.5 Å². The number of carboxylic acids is 1. The van der Waals surface area contributed by atoms with Crippen LogP contribution in [0.15, 0.2) is 29.2 Å². The highest BCUT2D eigenvalue weighted by molar-refractivity contribution is 7.99. The number of nitrogens with two attached hydrogens (primary N) is 1. The molecule has 0 aliphatic rings. The van der Waals surface area contributed by atoms with Crippen molar-refractivity contribution < 1.29 is 14.3 Å². The first-order valence-electron chi connectivity index (χ1n) is 5.32. The lowest BCUT2D eigenvalue weighted by Crippen LogP contribution is -2.44. The smallest absolute Gasteiger partial charge is 0.323 e. The first-order chi connectivity index (χ1) is 7.92. The van der Waals surface area contributed by atoms with Gasteiger partial charge in [-0.1, -0.05) is 6.07 Å². The third kappa shape index (κ3) is 4.75. The van der Waals surface area contributed by atoms with Gasteiger partial charge in [-0.3, -0.25) is 4.79 Å². The molecule has 1 atom stereocenters. The molecule has 0 amide bonds. The van der Waals surface area contributed by atoms with E-state index in [0.29, 0.717) is 12.8 Å². The maximum atomic E-state index is 12.9. The second-order valence-corrected chi connectivity index (χ2v) is 5.30. The second kappa shape index (κ2) is 6.02. The normalized spacial score (nSPS) is 14.3. The largest absolute Gasteiger partial charge is 0.480 e. The van der Waals surface area contributed by atoms with Crippen molar-refractivity contribution in [1.29, 1.82) is 0 Å². The zero-order chi connectivity index (χ0) is 12.9. The number of aliphatic carboxylic acids is 1. The lowest BCUT2D eigenvalue weighted by atomic mass is 9.98. The van der Waals surface area contributed by atoms with E-state index in [0.717, 1.165) is 10.6 Å². The van der Waals surface area contributed by atoms with Crippen molar-refractivity contribution in [3.63, 3.8) is 0 Å². The number of benzene rings is 1. The molecular weight excluding hydrogens is 241 g/mol. The van der Waals surface area contributed by atoms with E-state index >= 15 is 0 Å². The van der Waals surface area contributed by atoms with E-state index in [1.165, 1.54) is 30.8 Å². The summed E-state index contributed by atoms with van der Waals surface area (Å²) >= 11 is 1.50. The van der Waals surface area contributed by atoms with Crippen molar-refractivity contribution in [3.05, 3.63) is 30.1 Å². The van der Waals surface area contributed by atoms with E-state index in [1.807, 2.05) is 6.07 Å². The molecule has 0 saturated heterocycles. The van der Waals surface area contributed by atoms with Gasteiger partial charge in [0.25, 0.3) is 0 Å². The number of carboxylic acid groups (broad SMARTS) is 1. The number of hydrogen-bond acceptors (Lipinski definition) is 3. The Bertz CT molecular complexity index is 396. The minimum absolute atomic E-state index is 0.260. The fourth-order valence-corrected chi connectivity index (χ4v) is 2.19. The summed E-state index contributed by atoms with van der Waals surface area (Å²) in [6, 6.07) is 6.34. The molecule has 0 spiro atoms. The highest BCUT2D eigenvalue weighted by Crippen LogP contribution is 2.21. The molecule has 0 fully saturated rings. The number of thioether (sulfide) groups is 1.